The van der Waals surface area contributed by atoms with E-state index in [9.17, 15) is 19.5 Å². The van der Waals surface area contributed by atoms with Crippen molar-refractivity contribution in [2.24, 2.45) is 17.8 Å². The minimum atomic E-state index is -1.05. The summed E-state index contributed by atoms with van der Waals surface area (Å²) in [5.41, 5.74) is 1.08. The average molecular weight is 308 g/mol. The molecule has 0 bridgehead atoms. The number of carboxylic acid groups (broad SMARTS) is 2. The van der Waals surface area contributed by atoms with Crippen molar-refractivity contribution >= 4 is 17.7 Å². The molecule has 0 aromatic rings. The van der Waals surface area contributed by atoms with Gasteiger partial charge in [-0.25, -0.2) is 0 Å². The van der Waals surface area contributed by atoms with Crippen molar-refractivity contribution in [2.75, 3.05) is 0 Å². The topological polar surface area (TPSA) is 91.7 Å². The first-order valence-electron chi connectivity index (χ1n) is 7.66. The number of Topliss-reactive ketones (excluding diaryl/α,β-unsaturated/α-hetero) is 1. The highest BCUT2D eigenvalue weighted by Gasteiger charge is 2.30. The zero-order valence-electron chi connectivity index (χ0n) is 13.1. The summed E-state index contributed by atoms with van der Waals surface area (Å²) in [4.78, 5) is 33.7. The molecule has 1 aliphatic rings. The summed E-state index contributed by atoms with van der Waals surface area (Å²) in [6.45, 7) is 3.44. The Labute approximate surface area is 130 Å². The molecule has 122 valence electrons. The Hall–Kier alpha value is -1.91. The number of carbonyl (C=O) groups is 3. The quantitative estimate of drug-likeness (QED) is 0.639. The molecule has 0 fully saturated rings. The van der Waals surface area contributed by atoms with Gasteiger partial charge in [0.25, 0.3) is 0 Å². The highest BCUT2D eigenvalue weighted by atomic mass is 16.4. The van der Waals surface area contributed by atoms with E-state index in [1.807, 2.05) is 18.2 Å². The zero-order chi connectivity index (χ0) is 16.7. The third-order valence-electron chi connectivity index (χ3n) is 3.87. The number of hydrogen-bond acceptors (Lipinski definition) is 3. The molecule has 2 atom stereocenters. The van der Waals surface area contributed by atoms with Crippen molar-refractivity contribution in [1.82, 2.24) is 0 Å². The van der Waals surface area contributed by atoms with E-state index in [-0.39, 0.29) is 24.0 Å². The van der Waals surface area contributed by atoms with Gasteiger partial charge >= 0.3 is 11.9 Å². The lowest BCUT2D eigenvalue weighted by Crippen LogP contribution is -2.29. The summed E-state index contributed by atoms with van der Waals surface area (Å²) in [5, 5.41) is 17.8. The van der Waals surface area contributed by atoms with Crippen LogP contribution in [0.3, 0.4) is 0 Å². The average Bonchev–Trinajstić information content (AvgIpc) is 2.44. The fourth-order valence-corrected chi connectivity index (χ4v) is 2.56. The number of allylic oxidation sites excluding steroid dienone is 4. The largest absolute Gasteiger partial charge is 0.481 e. The van der Waals surface area contributed by atoms with Crippen LogP contribution in [0.5, 0.6) is 0 Å². The van der Waals surface area contributed by atoms with Crippen molar-refractivity contribution in [3.05, 3.63) is 23.8 Å². The molecule has 22 heavy (non-hydrogen) atoms. The summed E-state index contributed by atoms with van der Waals surface area (Å²) in [5.74, 6) is -3.25. The predicted molar refractivity (Wildman–Crippen MR) is 82.4 cm³/mol. The number of carbonyl (C=O) groups excluding carboxylic acids is 1. The Morgan fingerprint density at radius 1 is 1.27 bits per heavy atom. The van der Waals surface area contributed by atoms with Crippen LogP contribution in [-0.4, -0.2) is 27.9 Å². The van der Waals surface area contributed by atoms with Crippen LogP contribution in [0.1, 0.15) is 46.0 Å². The molecule has 0 saturated heterocycles. The second-order valence-corrected chi connectivity index (χ2v) is 6.06. The highest BCUT2D eigenvalue weighted by molar-refractivity contribution is 5.99. The van der Waals surface area contributed by atoms with E-state index in [1.54, 1.807) is 13.8 Å². The lowest BCUT2D eigenvalue weighted by molar-refractivity contribution is -0.148. The van der Waals surface area contributed by atoms with Crippen LogP contribution in [-0.2, 0) is 14.4 Å². The summed E-state index contributed by atoms with van der Waals surface area (Å²) in [6, 6.07) is 0. The molecular weight excluding hydrogens is 284 g/mol. The van der Waals surface area contributed by atoms with Gasteiger partial charge in [-0.2, -0.15) is 0 Å². The van der Waals surface area contributed by atoms with Crippen LogP contribution in [0.4, 0.5) is 0 Å². The lowest BCUT2D eigenvalue weighted by atomic mass is 9.83. The molecule has 0 aliphatic heterocycles. The van der Waals surface area contributed by atoms with E-state index < -0.39 is 17.9 Å². The van der Waals surface area contributed by atoms with Crippen LogP contribution in [0.15, 0.2) is 23.8 Å². The molecule has 2 N–H and O–H groups in total. The van der Waals surface area contributed by atoms with Crippen LogP contribution in [0.25, 0.3) is 0 Å². The number of ketones is 1. The molecule has 0 saturated carbocycles. The molecule has 1 aliphatic carbocycles. The minimum absolute atomic E-state index is 0.0482. The van der Waals surface area contributed by atoms with E-state index >= 15 is 0 Å². The number of hydrogen-bond donors (Lipinski definition) is 2. The number of rotatable bonds is 9. The van der Waals surface area contributed by atoms with Gasteiger partial charge < -0.3 is 10.2 Å². The molecule has 0 radical (unpaired) electrons. The Morgan fingerprint density at radius 2 is 1.95 bits per heavy atom. The van der Waals surface area contributed by atoms with Gasteiger partial charge in [0, 0.05) is 12.3 Å². The maximum absolute atomic E-state index is 12.0. The summed E-state index contributed by atoms with van der Waals surface area (Å²) in [6.07, 6.45) is 8.37. The molecule has 0 aromatic carbocycles. The van der Waals surface area contributed by atoms with Gasteiger partial charge in [-0.15, -0.1) is 0 Å². The van der Waals surface area contributed by atoms with E-state index in [0.29, 0.717) is 25.7 Å². The van der Waals surface area contributed by atoms with E-state index in [0.717, 1.165) is 5.57 Å². The van der Waals surface area contributed by atoms with Gasteiger partial charge in [-0.05, 0) is 31.6 Å². The predicted octanol–water partition coefficient (Wildman–Crippen LogP) is 3.06. The lowest BCUT2D eigenvalue weighted by Gasteiger charge is -2.20. The number of carboxylic acids is 2. The van der Waals surface area contributed by atoms with Gasteiger partial charge in [0.15, 0.2) is 0 Å². The Bertz CT molecular complexity index is 487. The maximum Gasteiger partial charge on any atom is 0.314 e. The van der Waals surface area contributed by atoms with Crippen LogP contribution in [0, 0.1) is 17.8 Å². The molecule has 0 amide bonds. The second-order valence-electron chi connectivity index (χ2n) is 6.06. The number of aliphatic carboxylic acids is 2. The summed E-state index contributed by atoms with van der Waals surface area (Å²) in [7, 11) is 0. The van der Waals surface area contributed by atoms with Crippen molar-refractivity contribution in [2.45, 2.75) is 46.0 Å². The Balaban J connectivity index is 2.51. The van der Waals surface area contributed by atoms with E-state index in [4.69, 9.17) is 5.11 Å². The van der Waals surface area contributed by atoms with Crippen molar-refractivity contribution < 1.29 is 24.6 Å². The fraction of sp³-hybridized carbons (Fsp3) is 0.588. The third-order valence-corrected chi connectivity index (χ3v) is 3.87. The third kappa shape index (κ3) is 5.84. The smallest absolute Gasteiger partial charge is 0.314 e. The van der Waals surface area contributed by atoms with E-state index in [2.05, 4.69) is 0 Å². The van der Waals surface area contributed by atoms with Gasteiger partial charge in [0.2, 0.25) is 0 Å². The van der Waals surface area contributed by atoms with Crippen molar-refractivity contribution in [1.29, 1.82) is 0 Å². The maximum atomic E-state index is 12.0. The standard InChI is InChI=1S/C17H24O5/c1-11(2)16(20)14(17(21)22)10-13-8-6-12(7-9-13)4-3-5-15(18)19/h6-8,11,13-14H,3-5,9-10H2,1-2H3,(H,18,19)(H,21,22). The van der Waals surface area contributed by atoms with Gasteiger partial charge in [0.1, 0.15) is 11.7 Å². The van der Waals surface area contributed by atoms with Crippen molar-refractivity contribution in [3.63, 3.8) is 0 Å². The van der Waals surface area contributed by atoms with Crippen molar-refractivity contribution in [3.8, 4) is 0 Å². The molecule has 1 rings (SSSR count). The first-order chi connectivity index (χ1) is 10.3. The molecule has 5 nitrogen and oxygen atoms in total. The molecule has 2 unspecified atom stereocenters. The summed E-state index contributed by atoms with van der Waals surface area (Å²) < 4.78 is 0. The Morgan fingerprint density at radius 3 is 2.41 bits per heavy atom. The molecule has 0 aromatic heterocycles. The molecular formula is C17H24O5. The normalized spacial score (nSPS) is 18.9. The van der Waals surface area contributed by atoms with E-state index in [1.165, 1.54) is 0 Å². The molecule has 0 heterocycles. The second kappa shape index (κ2) is 8.51. The van der Waals surface area contributed by atoms with Gasteiger partial charge in [-0.3, -0.25) is 14.4 Å². The molecule has 0 spiro atoms. The zero-order valence-corrected chi connectivity index (χ0v) is 13.1. The monoisotopic (exact) mass is 308 g/mol. The SMILES string of the molecule is CC(C)C(=O)C(CC1C=CC(CCCC(=O)O)=CC1)C(=O)O. The first kappa shape index (κ1) is 18.1. The van der Waals surface area contributed by atoms with Crippen LogP contribution < -0.4 is 0 Å². The van der Waals surface area contributed by atoms with Gasteiger partial charge in [0.05, 0.1) is 0 Å². The molecule has 5 heteroatoms. The van der Waals surface area contributed by atoms with Crippen LogP contribution in [0.2, 0.25) is 0 Å². The fourth-order valence-electron chi connectivity index (χ4n) is 2.56. The highest BCUT2D eigenvalue weighted by Crippen LogP contribution is 2.27. The minimum Gasteiger partial charge on any atom is -0.481 e. The van der Waals surface area contributed by atoms with Gasteiger partial charge in [-0.1, -0.05) is 37.6 Å². The van der Waals surface area contributed by atoms with Crippen LogP contribution >= 0.6 is 0 Å². The first-order valence-corrected chi connectivity index (χ1v) is 7.66. The Kier molecular flexibility index (Phi) is 7.02. The summed E-state index contributed by atoms with van der Waals surface area (Å²) >= 11 is 0.